The Morgan fingerprint density at radius 3 is 3.00 bits per heavy atom. The van der Waals surface area contributed by atoms with Gasteiger partial charge in [-0.1, -0.05) is 18.2 Å². The normalized spacial score (nSPS) is 10.8. The van der Waals surface area contributed by atoms with Crippen molar-refractivity contribution in [1.29, 1.82) is 0 Å². The van der Waals surface area contributed by atoms with Gasteiger partial charge < -0.3 is 5.11 Å². The smallest absolute Gasteiger partial charge is 0.118 e. The number of aromatic hydroxyl groups is 1. The van der Waals surface area contributed by atoms with Gasteiger partial charge in [-0.25, -0.2) is 0 Å². The summed E-state index contributed by atoms with van der Waals surface area (Å²) in [7, 11) is 0. The van der Waals surface area contributed by atoms with Gasteiger partial charge in [-0.05, 0) is 43.5 Å². The lowest BCUT2D eigenvalue weighted by molar-refractivity contribution is 0.470. The molecule has 0 aliphatic carbocycles. The van der Waals surface area contributed by atoms with E-state index in [4.69, 9.17) is 0 Å². The third-order valence-electron chi connectivity index (χ3n) is 1.89. The monoisotopic (exact) mass is 161 g/mol. The van der Waals surface area contributed by atoms with Crippen LogP contribution in [0.1, 0.15) is 18.1 Å². The summed E-state index contributed by atoms with van der Waals surface area (Å²) in [6, 6.07) is 6.51. The van der Waals surface area contributed by atoms with Gasteiger partial charge in [0.1, 0.15) is 5.75 Å². The van der Waals surface area contributed by atoms with Crippen molar-refractivity contribution < 1.29 is 5.11 Å². The van der Waals surface area contributed by atoms with Gasteiger partial charge in [0.25, 0.3) is 0 Å². The van der Waals surface area contributed by atoms with Gasteiger partial charge in [0, 0.05) is 0 Å². The Kier molecular flexibility index (Phi) is 2.92. The molecule has 1 rings (SSSR count). The van der Waals surface area contributed by atoms with E-state index >= 15 is 0 Å². The van der Waals surface area contributed by atoms with E-state index in [9.17, 15) is 5.11 Å². The van der Waals surface area contributed by atoms with Crippen LogP contribution in [0.15, 0.2) is 24.3 Å². The van der Waals surface area contributed by atoms with E-state index in [0.717, 1.165) is 17.5 Å². The van der Waals surface area contributed by atoms with Crippen LogP contribution in [0.25, 0.3) is 0 Å². The first-order valence-corrected chi connectivity index (χ1v) is 4.06. The second-order valence-electron chi connectivity index (χ2n) is 2.74. The molecule has 0 amide bonds. The molecule has 1 aromatic carbocycles. The molecule has 0 bridgehead atoms. The van der Waals surface area contributed by atoms with Crippen LogP contribution in [0, 0.1) is 13.0 Å². The Morgan fingerprint density at radius 2 is 2.33 bits per heavy atom. The van der Waals surface area contributed by atoms with Crippen LogP contribution in [0.5, 0.6) is 5.75 Å². The van der Waals surface area contributed by atoms with Crippen LogP contribution in [-0.2, 0) is 6.42 Å². The molecule has 1 N–H and O–H groups in total. The van der Waals surface area contributed by atoms with Gasteiger partial charge in [0.05, 0.1) is 0 Å². The van der Waals surface area contributed by atoms with E-state index in [-0.39, 0.29) is 0 Å². The highest BCUT2D eigenvalue weighted by Crippen LogP contribution is 2.19. The maximum Gasteiger partial charge on any atom is 0.118 e. The molecule has 0 fully saturated rings. The minimum atomic E-state index is 0.355. The molecular weight excluding hydrogens is 148 g/mol. The Morgan fingerprint density at radius 1 is 1.58 bits per heavy atom. The van der Waals surface area contributed by atoms with Crippen molar-refractivity contribution in [3.8, 4) is 5.75 Å². The molecule has 1 heteroatoms. The molecule has 1 nitrogen and oxygen atoms in total. The Hall–Kier alpha value is -1.24. The van der Waals surface area contributed by atoms with Crippen LogP contribution in [0.3, 0.4) is 0 Å². The summed E-state index contributed by atoms with van der Waals surface area (Å²) in [5.41, 5.74) is 1.99. The number of phenols is 1. The van der Waals surface area contributed by atoms with Crippen LogP contribution in [0.2, 0.25) is 0 Å². The number of benzene rings is 1. The van der Waals surface area contributed by atoms with Gasteiger partial charge >= 0.3 is 0 Å². The second kappa shape index (κ2) is 3.96. The van der Waals surface area contributed by atoms with Gasteiger partial charge in [-0.15, -0.1) is 0 Å². The van der Waals surface area contributed by atoms with Gasteiger partial charge in [0.15, 0.2) is 0 Å². The third-order valence-corrected chi connectivity index (χ3v) is 1.89. The molecule has 63 valence electrons. The highest BCUT2D eigenvalue weighted by molar-refractivity contribution is 5.38. The van der Waals surface area contributed by atoms with Gasteiger partial charge in [-0.2, -0.15) is 0 Å². The highest BCUT2D eigenvalue weighted by Gasteiger charge is 1.99. The molecule has 0 aliphatic heterocycles. The number of allylic oxidation sites excluding steroid dienone is 2. The minimum absolute atomic E-state index is 0.355. The molecule has 0 atom stereocenters. The van der Waals surface area contributed by atoms with Crippen molar-refractivity contribution in [2.75, 3.05) is 0 Å². The number of rotatable bonds is 2. The molecule has 0 unspecified atom stereocenters. The van der Waals surface area contributed by atoms with Crippen LogP contribution < -0.4 is 0 Å². The summed E-state index contributed by atoms with van der Waals surface area (Å²) in [4.78, 5) is 0. The lowest BCUT2D eigenvalue weighted by Gasteiger charge is -2.03. The fraction of sp³-hybridized carbons (Fsp3) is 0.273. The quantitative estimate of drug-likeness (QED) is 0.661. The largest absolute Gasteiger partial charge is 0.508 e. The van der Waals surface area contributed by atoms with E-state index in [1.54, 1.807) is 12.1 Å². The van der Waals surface area contributed by atoms with Crippen LogP contribution >= 0.6 is 0 Å². The van der Waals surface area contributed by atoms with Gasteiger partial charge in [0.2, 0.25) is 0 Å². The first kappa shape index (κ1) is 8.85. The van der Waals surface area contributed by atoms with Crippen LogP contribution in [0.4, 0.5) is 0 Å². The molecule has 0 aliphatic rings. The fourth-order valence-corrected chi connectivity index (χ4v) is 1.06. The van der Waals surface area contributed by atoms with E-state index in [1.165, 1.54) is 0 Å². The number of hydrogen-bond donors (Lipinski definition) is 1. The zero-order valence-electron chi connectivity index (χ0n) is 7.46. The minimum Gasteiger partial charge on any atom is -0.508 e. The van der Waals surface area contributed by atoms with Crippen molar-refractivity contribution in [3.63, 3.8) is 0 Å². The summed E-state index contributed by atoms with van der Waals surface area (Å²) in [6.07, 6.45) is 4.90. The molecule has 1 aromatic rings. The van der Waals surface area contributed by atoms with E-state index < -0.39 is 0 Å². The molecule has 1 radical (unpaired) electrons. The Bertz CT molecular complexity index is 287. The Labute approximate surface area is 73.4 Å². The van der Waals surface area contributed by atoms with E-state index in [0.29, 0.717) is 5.75 Å². The first-order valence-electron chi connectivity index (χ1n) is 4.06. The molecule has 0 aromatic heterocycles. The maximum atomic E-state index is 9.36. The second-order valence-corrected chi connectivity index (χ2v) is 2.74. The predicted molar refractivity (Wildman–Crippen MR) is 50.2 cm³/mol. The van der Waals surface area contributed by atoms with Crippen molar-refractivity contribution in [1.82, 2.24) is 0 Å². The molecular formula is C11H13O. The van der Waals surface area contributed by atoms with E-state index in [1.807, 2.05) is 19.9 Å². The van der Waals surface area contributed by atoms with Crippen molar-refractivity contribution >= 4 is 0 Å². The number of phenolic OH excluding ortho intramolecular Hbond substituents is 1. The molecule has 12 heavy (non-hydrogen) atoms. The van der Waals surface area contributed by atoms with Crippen molar-refractivity contribution in [3.05, 3.63) is 41.5 Å². The first-order chi connectivity index (χ1) is 5.75. The summed E-state index contributed by atoms with van der Waals surface area (Å²) in [5, 5.41) is 9.36. The lowest BCUT2D eigenvalue weighted by Crippen LogP contribution is -1.86. The summed E-state index contributed by atoms with van der Waals surface area (Å²) >= 11 is 0. The zero-order chi connectivity index (χ0) is 8.97. The average Bonchev–Trinajstić information content (AvgIpc) is 2.08. The standard InChI is InChI=1S/C11H13O/c1-3-4-6-10-7-5-8-11(12)9(10)2/h3-5,8,12H,6H2,1-2H3. The third kappa shape index (κ3) is 1.88. The van der Waals surface area contributed by atoms with Gasteiger partial charge in [-0.3, -0.25) is 0 Å². The fourth-order valence-electron chi connectivity index (χ4n) is 1.06. The number of hydrogen-bond acceptors (Lipinski definition) is 1. The van der Waals surface area contributed by atoms with Crippen LogP contribution in [-0.4, -0.2) is 5.11 Å². The highest BCUT2D eigenvalue weighted by atomic mass is 16.3. The zero-order valence-corrected chi connectivity index (χ0v) is 7.46. The van der Waals surface area contributed by atoms with E-state index in [2.05, 4.69) is 12.1 Å². The molecule has 0 heterocycles. The molecule has 0 spiro atoms. The average molecular weight is 161 g/mol. The predicted octanol–water partition coefficient (Wildman–Crippen LogP) is 2.62. The molecule has 0 saturated carbocycles. The summed E-state index contributed by atoms with van der Waals surface area (Å²) in [6.45, 7) is 3.89. The molecule has 0 saturated heterocycles. The summed E-state index contributed by atoms with van der Waals surface area (Å²) < 4.78 is 0. The van der Waals surface area contributed by atoms with Crippen molar-refractivity contribution in [2.45, 2.75) is 20.3 Å². The lowest BCUT2D eigenvalue weighted by atomic mass is 10.0. The summed E-state index contributed by atoms with van der Waals surface area (Å²) in [5.74, 6) is 0.355. The SMILES string of the molecule is CC=CCc1[c]ccc(O)c1C. The maximum absolute atomic E-state index is 9.36. The van der Waals surface area contributed by atoms with Crippen molar-refractivity contribution in [2.24, 2.45) is 0 Å². The Balaban J connectivity index is 2.92. The topological polar surface area (TPSA) is 20.2 Å².